The lowest BCUT2D eigenvalue weighted by atomic mass is 10.0. The Morgan fingerprint density at radius 1 is 0.776 bits per heavy atom. The van der Waals surface area contributed by atoms with Crippen LogP contribution in [0.3, 0.4) is 0 Å². The summed E-state index contributed by atoms with van der Waals surface area (Å²) in [6, 6.07) is 18.3. The van der Waals surface area contributed by atoms with Gasteiger partial charge in [0.25, 0.3) is 6.43 Å². The molecule has 2 saturated heterocycles. The van der Waals surface area contributed by atoms with E-state index in [1.807, 2.05) is 68.6 Å². The molecule has 2 fully saturated rings. The maximum absolute atomic E-state index is 12.8. The van der Waals surface area contributed by atoms with E-state index in [1.165, 1.54) is 19.2 Å². The number of carbonyl (C=O) groups is 3. The molecule has 4 atom stereocenters. The molecule has 58 heavy (non-hydrogen) atoms. The van der Waals surface area contributed by atoms with Gasteiger partial charge in [-0.05, 0) is 79.6 Å². The Morgan fingerprint density at radius 3 is 1.83 bits per heavy atom. The second-order valence-corrected chi connectivity index (χ2v) is 14.4. The Labute approximate surface area is 333 Å². The van der Waals surface area contributed by atoms with E-state index in [4.69, 9.17) is 14.2 Å². The Morgan fingerprint density at radius 2 is 1.34 bits per heavy atom. The van der Waals surface area contributed by atoms with Crippen LogP contribution in [0.25, 0.3) is 44.1 Å². The van der Waals surface area contributed by atoms with E-state index in [9.17, 15) is 23.2 Å². The number of nitrogens with one attached hydrogen (secondary N) is 2. The van der Waals surface area contributed by atoms with Crippen LogP contribution in [0.4, 0.5) is 8.78 Å². The highest BCUT2D eigenvalue weighted by Crippen LogP contribution is 2.35. The van der Waals surface area contributed by atoms with Crippen molar-refractivity contribution in [2.45, 2.75) is 58.8 Å². The number of amides is 2. The van der Waals surface area contributed by atoms with Gasteiger partial charge in [-0.15, -0.1) is 0 Å². The minimum atomic E-state index is -2.60. The molecular weight excluding hydrogens is 749 g/mol. The van der Waals surface area contributed by atoms with Gasteiger partial charge in [-0.3, -0.25) is 34.0 Å². The molecule has 0 unspecified atom stereocenters. The molecule has 15 heteroatoms. The van der Waals surface area contributed by atoms with Gasteiger partial charge in [0.1, 0.15) is 36.0 Å². The van der Waals surface area contributed by atoms with Crippen molar-refractivity contribution in [1.29, 1.82) is 0 Å². The van der Waals surface area contributed by atoms with E-state index in [1.54, 1.807) is 29.3 Å². The number of carbonyl (C=O) groups excluding carboxylic acids is 3. The lowest BCUT2D eigenvalue weighted by Crippen LogP contribution is -2.25. The van der Waals surface area contributed by atoms with Gasteiger partial charge in [0, 0.05) is 91.4 Å². The fourth-order valence-corrected chi connectivity index (χ4v) is 6.96. The van der Waals surface area contributed by atoms with Gasteiger partial charge in [0.15, 0.2) is 0 Å². The maximum atomic E-state index is 12.8. The number of hydrogen-bond donors (Lipinski definition) is 2. The van der Waals surface area contributed by atoms with E-state index in [0.717, 1.165) is 44.2 Å². The van der Waals surface area contributed by atoms with Crippen LogP contribution >= 0.6 is 0 Å². The maximum Gasteiger partial charge on any atom is 0.302 e. The quantitative estimate of drug-likeness (QED) is 0.128. The first-order valence-electron chi connectivity index (χ1n) is 19.1. The SMILES string of the molecule is CC(=O)OCCn1cc(-c2cc(O[C@H](C)[C@H]3CNC(=O)C3)c3cccnc3c2)cn1.C[C@@H](Oc1cc(-c2ccc(C(F)F)nc2)cc2ncccc12)[C@H]1CNC(=O)C1. The summed E-state index contributed by atoms with van der Waals surface area (Å²) in [6.07, 6.45) is 6.57. The van der Waals surface area contributed by atoms with Crippen molar-refractivity contribution in [2.24, 2.45) is 11.8 Å². The molecule has 13 nitrogen and oxygen atoms in total. The minimum Gasteiger partial charge on any atom is -0.490 e. The van der Waals surface area contributed by atoms with Crippen molar-refractivity contribution in [2.75, 3.05) is 19.7 Å². The predicted octanol–water partition coefficient (Wildman–Crippen LogP) is 6.70. The summed E-state index contributed by atoms with van der Waals surface area (Å²) in [4.78, 5) is 46.7. The van der Waals surface area contributed by atoms with Crippen LogP contribution in [0.1, 0.15) is 45.7 Å². The summed E-state index contributed by atoms with van der Waals surface area (Å²) < 4.78 is 44.8. The third-order valence-corrected chi connectivity index (χ3v) is 10.3. The fraction of sp³-hybridized carbons (Fsp3) is 0.326. The molecule has 0 aliphatic carbocycles. The minimum absolute atomic E-state index is 0.0333. The van der Waals surface area contributed by atoms with Gasteiger partial charge in [-0.1, -0.05) is 6.07 Å². The first kappa shape index (κ1) is 39.7. The summed E-state index contributed by atoms with van der Waals surface area (Å²) in [5.74, 6) is 1.40. The monoisotopic (exact) mass is 791 g/mol. The van der Waals surface area contributed by atoms with Crippen LogP contribution < -0.4 is 20.1 Å². The number of benzene rings is 2. The second kappa shape index (κ2) is 17.7. The van der Waals surface area contributed by atoms with E-state index in [2.05, 4.69) is 30.7 Å². The van der Waals surface area contributed by atoms with Crippen molar-refractivity contribution in [3.8, 4) is 33.8 Å². The third kappa shape index (κ3) is 9.53. The van der Waals surface area contributed by atoms with E-state index in [-0.39, 0.29) is 54.1 Å². The molecule has 2 amide bonds. The van der Waals surface area contributed by atoms with Gasteiger partial charge in [0.05, 0.1) is 23.8 Å². The van der Waals surface area contributed by atoms with Crippen LogP contribution in [0.5, 0.6) is 11.5 Å². The van der Waals surface area contributed by atoms with Gasteiger partial charge >= 0.3 is 5.97 Å². The number of hydrogen-bond acceptors (Lipinski definition) is 10. The Hall–Kier alpha value is -6.51. The molecule has 0 radical (unpaired) electrons. The topological polar surface area (TPSA) is 159 Å². The van der Waals surface area contributed by atoms with Gasteiger partial charge in [-0.2, -0.15) is 5.10 Å². The highest BCUT2D eigenvalue weighted by Gasteiger charge is 2.29. The summed E-state index contributed by atoms with van der Waals surface area (Å²) in [7, 11) is 0. The van der Waals surface area contributed by atoms with Gasteiger partial charge in [0.2, 0.25) is 11.8 Å². The molecule has 0 spiro atoms. The first-order chi connectivity index (χ1) is 28.0. The number of aromatic nitrogens is 5. The smallest absolute Gasteiger partial charge is 0.302 e. The van der Waals surface area contributed by atoms with Gasteiger partial charge in [-0.25, -0.2) is 8.78 Å². The zero-order valence-corrected chi connectivity index (χ0v) is 32.2. The first-order valence-corrected chi connectivity index (χ1v) is 19.1. The van der Waals surface area contributed by atoms with Crippen molar-refractivity contribution < 1.29 is 37.4 Å². The Bertz CT molecular complexity index is 2420. The number of fused-ring (bicyclic) bond motifs is 2. The number of alkyl halides is 2. The average molecular weight is 792 g/mol. The summed E-state index contributed by atoms with van der Waals surface area (Å²) in [5, 5.41) is 11.8. The van der Waals surface area contributed by atoms with Crippen molar-refractivity contribution in [3.05, 3.63) is 97.3 Å². The zero-order valence-electron chi connectivity index (χ0n) is 32.2. The van der Waals surface area contributed by atoms with E-state index in [0.29, 0.717) is 43.8 Å². The van der Waals surface area contributed by atoms with Crippen molar-refractivity contribution in [1.82, 2.24) is 35.4 Å². The highest BCUT2D eigenvalue weighted by atomic mass is 19.3. The van der Waals surface area contributed by atoms with Crippen LogP contribution in [0, 0.1) is 11.8 Å². The molecular formula is C43H43F2N7O6. The zero-order chi connectivity index (χ0) is 40.8. The van der Waals surface area contributed by atoms with Crippen molar-refractivity contribution >= 4 is 39.6 Å². The molecule has 2 N–H and O–H groups in total. The lowest BCUT2D eigenvalue weighted by Gasteiger charge is -2.21. The molecule has 6 aromatic rings. The number of halogens is 2. The summed E-state index contributed by atoms with van der Waals surface area (Å²) >= 11 is 0. The standard InChI is InChI=1S/C22H24N4O4.C21H19F2N3O2/c1-14(17-10-22(28)24-11-17)30-21-9-16(8-20-19(21)4-3-5-23-20)18-12-25-26(13-18)6-7-29-15(2)27;1-12(15-9-20(27)26-11-15)28-19-8-14(7-18-16(19)3-2-6-24-18)13-4-5-17(21(22)23)25-10-13/h3-5,8-9,12-14,17H,6-7,10-11H2,1-2H3,(H,24,28);2-8,10,12,15,21H,9,11H2,1H3,(H,26,27)/t14-,17-;12-,15-/m11/s1. The van der Waals surface area contributed by atoms with Crippen LogP contribution in [0.15, 0.2) is 91.6 Å². The largest absolute Gasteiger partial charge is 0.490 e. The normalized spacial score (nSPS) is 17.3. The van der Waals surface area contributed by atoms with Crippen LogP contribution in [-0.4, -0.2) is 74.4 Å². The number of esters is 1. The van der Waals surface area contributed by atoms with Gasteiger partial charge < -0.3 is 24.8 Å². The number of nitrogens with zero attached hydrogens (tertiary/aromatic N) is 5. The molecule has 300 valence electrons. The average Bonchev–Trinajstić information content (AvgIpc) is 4.00. The third-order valence-electron chi connectivity index (χ3n) is 10.3. The second-order valence-electron chi connectivity index (χ2n) is 14.4. The summed E-state index contributed by atoms with van der Waals surface area (Å²) in [6.45, 7) is 7.30. The molecule has 4 aromatic heterocycles. The predicted molar refractivity (Wildman–Crippen MR) is 212 cm³/mol. The number of rotatable bonds is 12. The fourth-order valence-electron chi connectivity index (χ4n) is 6.96. The molecule has 6 heterocycles. The Kier molecular flexibility index (Phi) is 12.1. The Balaban J connectivity index is 0.000000177. The number of pyridine rings is 3. The number of ether oxygens (including phenoxy) is 3. The molecule has 8 rings (SSSR count). The van der Waals surface area contributed by atoms with Crippen LogP contribution in [0.2, 0.25) is 0 Å². The van der Waals surface area contributed by atoms with Crippen molar-refractivity contribution in [3.63, 3.8) is 0 Å². The summed E-state index contributed by atoms with van der Waals surface area (Å²) in [5.41, 5.74) is 4.63. The van der Waals surface area contributed by atoms with E-state index < -0.39 is 6.43 Å². The van der Waals surface area contributed by atoms with Crippen LogP contribution in [-0.2, 0) is 25.7 Å². The molecule has 2 aliphatic heterocycles. The molecule has 0 bridgehead atoms. The van der Waals surface area contributed by atoms with E-state index >= 15 is 0 Å². The molecule has 0 saturated carbocycles. The highest BCUT2D eigenvalue weighted by molar-refractivity contribution is 5.91. The molecule has 2 aromatic carbocycles. The lowest BCUT2D eigenvalue weighted by molar-refractivity contribution is -0.141. The molecule has 2 aliphatic rings.